The number of ether oxygens (including phenoxy) is 1. The summed E-state index contributed by atoms with van der Waals surface area (Å²) in [5.74, 6) is 1.27. The molecule has 1 aromatic carbocycles. The van der Waals surface area contributed by atoms with Crippen LogP contribution in [0.15, 0.2) is 36.7 Å². The molecule has 0 saturated heterocycles. The maximum absolute atomic E-state index is 10.8. The van der Waals surface area contributed by atoms with Crippen molar-refractivity contribution in [3.8, 4) is 5.75 Å². The Labute approximate surface area is 117 Å². The fraction of sp³-hybridized carbons (Fsp3) is 0.200. The number of rotatable bonds is 5. The van der Waals surface area contributed by atoms with E-state index < -0.39 is 5.91 Å². The fourth-order valence-electron chi connectivity index (χ4n) is 1.96. The molecule has 0 bridgehead atoms. The number of primary amides is 1. The Morgan fingerprint density at radius 3 is 2.90 bits per heavy atom. The van der Waals surface area contributed by atoms with Crippen molar-refractivity contribution in [1.29, 1.82) is 0 Å². The number of amides is 1. The lowest BCUT2D eigenvalue weighted by Gasteiger charge is -2.11. The third-order valence-corrected chi connectivity index (χ3v) is 3.01. The number of nitrogens with zero attached hydrogens (tertiary/aromatic N) is 2. The highest BCUT2D eigenvalue weighted by molar-refractivity contribution is 5.90. The zero-order valence-corrected chi connectivity index (χ0v) is 11.5. The standard InChI is InChI=1S/C15H17N3O2/c1-11-17-7-8-18(11)10-13-9-12(4-6-15(16)19)3-5-14(13)20-2/h3-9H,10H2,1-2H3,(H2,16,19)/b6-4-. The lowest BCUT2D eigenvalue weighted by atomic mass is 10.1. The average Bonchev–Trinajstić information content (AvgIpc) is 2.82. The highest BCUT2D eigenvalue weighted by Gasteiger charge is 2.06. The molecule has 0 fully saturated rings. The second kappa shape index (κ2) is 6.06. The van der Waals surface area contributed by atoms with E-state index in [1.807, 2.05) is 35.9 Å². The summed E-state index contributed by atoms with van der Waals surface area (Å²) < 4.78 is 7.39. The van der Waals surface area contributed by atoms with Crippen LogP contribution in [0, 0.1) is 6.92 Å². The summed E-state index contributed by atoms with van der Waals surface area (Å²) in [5, 5.41) is 0. The van der Waals surface area contributed by atoms with Crippen molar-refractivity contribution in [3.63, 3.8) is 0 Å². The van der Waals surface area contributed by atoms with Gasteiger partial charge in [0.15, 0.2) is 0 Å². The Balaban J connectivity index is 2.32. The normalized spacial score (nSPS) is 10.9. The van der Waals surface area contributed by atoms with E-state index in [0.29, 0.717) is 6.54 Å². The third kappa shape index (κ3) is 3.26. The van der Waals surface area contributed by atoms with Crippen LogP contribution >= 0.6 is 0 Å². The van der Waals surface area contributed by atoms with Crippen LogP contribution in [0.5, 0.6) is 5.75 Å². The molecule has 1 heterocycles. The van der Waals surface area contributed by atoms with Gasteiger partial charge < -0.3 is 15.0 Å². The highest BCUT2D eigenvalue weighted by atomic mass is 16.5. The van der Waals surface area contributed by atoms with Crippen molar-refractivity contribution >= 4 is 12.0 Å². The van der Waals surface area contributed by atoms with E-state index in [0.717, 1.165) is 22.7 Å². The van der Waals surface area contributed by atoms with Gasteiger partial charge in [0.25, 0.3) is 0 Å². The molecule has 0 saturated carbocycles. The summed E-state index contributed by atoms with van der Waals surface area (Å²) in [5.41, 5.74) is 7.02. The molecule has 5 nitrogen and oxygen atoms in total. The van der Waals surface area contributed by atoms with Crippen LogP contribution in [0.4, 0.5) is 0 Å². The van der Waals surface area contributed by atoms with Gasteiger partial charge in [0.05, 0.1) is 13.7 Å². The van der Waals surface area contributed by atoms with Gasteiger partial charge in [0.2, 0.25) is 5.91 Å². The SMILES string of the molecule is COc1ccc(/C=C\C(N)=O)cc1Cn1ccnc1C. The van der Waals surface area contributed by atoms with Gasteiger partial charge in [-0.05, 0) is 30.7 Å². The van der Waals surface area contributed by atoms with Crippen LogP contribution in [0.25, 0.3) is 6.08 Å². The van der Waals surface area contributed by atoms with E-state index >= 15 is 0 Å². The second-order valence-electron chi connectivity index (χ2n) is 4.41. The number of hydrogen-bond acceptors (Lipinski definition) is 3. The van der Waals surface area contributed by atoms with Gasteiger partial charge in [-0.3, -0.25) is 4.79 Å². The molecule has 104 valence electrons. The number of aryl methyl sites for hydroxylation is 1. The molecule has 0 radical (unpaired) electrons. The predicted molar refractivity (Wildman–Crippen MR) is 77.3 cm³/mol. The molecular weight excluding hydrogens is 254 g/mol. The molecule has 20 heavy (non-hydrogen) atoms. The molecule has 0 spiro atoms. The van der Waals surface area contributed by atoms with E-state index in [4.69, 9.17) is 10.5 Å². The first-order valence-corrected chi connectivity index (χ1v) is 6.22. The molecular formula is C15H17N3O2. The van der Waals surface area contributed by atoms with Crippen LogP contribution in [0.2, 0.25) is 0 Å². The van der Waals surface area contributed by atoms with E-state index in [9.17, 15) is 4.79 Å². The first-order chi connectivity index (χ1) is 9.60. The minimum atomic E-state index is -0.465. The highest BCUT2D eigenvalue weighted by Crippen LogP contribution is 2.22. The van der Waals surface area contributed by atoms with E-state index in [2.05, 4.69) is 4.98 Å². The van der Waals surface area contributed by atoms with Crippen LogP contribution in [-0.2, 0) is 11.3 Å². The summed E-state index contributed by atoms with van der Waals surface area (Å²) >= 11 is 0. The number of benzene rings is 1. The van der Waals surface area contributed by atoms with Crippen molar-refractivity contribution in [2.24, 2.45) is 5.73 Å². The minimum absolute atomic E-state index is 0.465. The lowest BCUT2D eigenvalue weighted by Crippen LogP contribution is -2.05. The van der Waals surface area contributed by atoms with Crippen LogP contribution in [0.1, 0.15) is 17.0 Å². The van der Waals surface area contributed by atoms with Gasteiger partial charge in [0, 0.05) is 24.0 Å². The van der Waals surface area contributed by atoms with Crippen LogP contribution in [-0.4, -0.2) is 22.6 Å². The molecule has 0 unspecified atom stereocenters. The number of carbonyl (C=O) groups is 1. The number of nitrogens with two attached hydrogens (primary N) is 1. The molecule has 5 heteroatoms. The van der Waals surface area contributed by atoms with Crippen molar-refractivity contribution in [2.45, 2.75) is 13.5 Å². The summed E-state index contributed by atoms with van der Waals surface area (Å²) in [6.45, 7) is 2.61. The molecule has 0 aliphatic carbocycles. The molecule has 1 amide bonds. The first-order valence-electron chi connectivity index (χ1n) is 6.22. The summed E-state index contributed by atoms with van der Waals surface area (Å²) in [4.78, 5) is 15.0. The Morgan fingerprint density at radius 1 is 1.50 bits per heavy atom. The molecule has 2 aromatic rings. The van der Waals surface area contributed by atoms with E-state index in [1.54, 1.807) is 19.4 Å². The Kier molecular flexibility index (Phi) is 4.20. The first kappa shape index (κ1) is 13.9. The second-order valence-corrected chi connectivity index (χ2v) is 4.41. The molecule has 2 N–H and O–H groups in total. The third-order valence-electron chi connectivity index (χ3n) is 3.01. The zero-order chi connectivity index (χ0) is 14.5. The monoisotopic (exact) mass is 271 g/mol. The number of aromatic nitrogens is 2. The van der Waals surface area contributed by atoms with Crippen LogP contribution < -0.4 is 10.5 Å². The maximum Gasteiger partial charge on any atom is 0.241 e. The fourth-order valence-corrected chi connectivity index (χ4v) is 1.96. The van der Waals surface area contributed by atoms with Crippen molar-refractivity contribution in [3.05, 3.63) is 53.6 Å². The molecule has 2 rings (SSSR count). The largest absolute Gasteiger partial charge is 0.496 e. The summed E-state index contributed by atoms with van der Waals surface area (Å²) in [6.07, 6.45) is 6.71. The van der Waals surface area contributed by atoms with Gasteiger partial charge >= 0.3 is 0 Å². The van der Waals surface area contributed by atoms with Gasteiger partial charge in [0.1, 0.15) is 11.6 Å². The number of methoxy groups -OCH3 is 1. The Hall–Kier alpha value is -2.56. The lowest BCUT2D eigenvalue weighted by molar-refractivity contribution is -0.113. The zero-order valence-electron chi connectivity index (χ0n) is 11.5. The molecule has 0 aliphatic heterocycles. The Morgan fingerprint density at radius 2 is 2.30 bits per heavy atom. The maximum atomic E-state index is 10.8. The van der Waals surface area contributed by atoms with Gasteiger partial charge in [-0.15, -0.1) is 0 Å². The summed E-state index contributed by atoms with van der Waals surface area (Å²) in [7, 11) is 1.64. The average molecular weight is 271 g/mol. The minimum Gasteiger partial charge on any atom is -0.496 e. The topological polar surface area (TPSA) is 70.1 Å². The van der Waals surface area contributed by atoms with E-state index in [1.165, 1.54) is 6.08 Å². The summed E-state index contributed by atoms with van der Waals surface area (Å²) in [6, 6.07) is 5.72. The van der Waals surface area contributed by atoms with Gasteiger partial charge in [-0.2, -0.15) is 0 Å². The van der Waals surface area contributed by atoms with Gasteiger partial charge in [-0.25, -0.2) is 4.98 Å². The molecule has 0 atom stereocenters. The van der Waals surface area contributed by atoms with Crippen LogP contribution in [0.3, 0.4) is 0 Å². The molecule has 1 aromatic heterocycles. The number of carbonyl (C=O) groups excluding carboxylic acids is 1. The molecule has 0 aliphatic rings. The van der Waals surface area contributed by atoms with Crippen molar-refractivity contribution < 1.29 is 9.53 Å². The quantitative estimate of drug-likeness (QED) is 0.842. The van der Waals surface area contributed by atoms with Gasteiger partial charge in [-0.1, -0.05) is 6.07 Å². The Bertz CT molecular complexity index is 644. The predicted octanol–water partition coefficient (Wildman–Crippen LogP) is 1.75. The van der Waals surface area contributed by atoms with Crippen molar-refractivity contribution in [2.75, 3.05) is 7.11 Å². The number of hydrogen-bond donors (Lipinski definition) is 1. The smallest absolute Gasteiger partial charge is 0.241 e. The number of imidazole rings is 1. The van der Waals surface area contributed by atoms with Crippen molar-refractivity contribution in [1.82, 2.24) is 9.55 Å². The van der Waals surface area contributed by atoms with E-state index in [-0.39, 0.29) is 0 Å².